The van der Waals surface area contributed by atoms with Gasteiger partial charge in [0.05, 0.1) is 12.3 Å². The Balaban J connectivity index is 2.94. The van der Waals surface area contributed by atoms with Gasteiger partial charge in [-0.3, -0.25) is 0 Å². The molecule has 5 nitrogen and oxygen atoms in total. The summed E-state index contributed by atoms with van der Waals surface area (Å²) in [6.07, 6.45) is 2.74. The summed E-state index contributed by atoms with van der Waals surface area (Å²) in [5, 5.41) is 7.90. The molecule has 0 amide bonds. The molecule has 0 radical (unpaired) electrons. The van der Waals surface area contributed by atoms with Crippen LogP contribution < -0.4 is 0 Å². The monoisotopic (exact) mass is 225 g/mol. The van der Waals surface area contributed by atoms with Crippen molar-refractivity contribution in [1.29, 1.82) is 0 Å². The third-order valence-electron chi connectivity index (χ3n) is 2.23. The predicted octanol–water partition coefficient (Wildman–Crippen LogP) is 1.82. The van der Waals surface area contributed by atoms with Crippen molar-refractivity contribution in [3.8, 4) is 0 Å². The smallest absolute Gasteiger partial charge is 0.360 e. The summed E-state index contributed by atoms with van der Waals surface area (Å²) < 4.78 is 6.75. The molecule has 0 aromatic carbocycles. The maximum absolute atomic E-state index is 11.6. The minimum absolute atomic E-state index is 0.366. The quantitative estimate of drug-likeness (QED) is 0.693. The molecule has 0 spiro atoms. The topological polar surface area (TPSA) is 57.0 Å². The second-order valence-corrected chi connectivity index (χ2v) is 3.58. The molecule has 0 unspecified atom stereocenters. The molecule has 1 rings (SSSR count). The lowest BCUT2D eigenvalue weighted by atomic mass is 10.2. The zero-order valence-electron chi connectivity index (χ0n) is 10.2. The number of esters is 1. The van der Waals surface area contributed by atoms with Gasteiger partial charge in [0.1, 0.15) is 0 Å². The highest BCUT2D eigenvalue weighted by molar-refractivity contribution is 5.88. The molecule has 16 heavy (non-hydrogen) atoms. The number of ether oxygens (including phenoxy) is 1. The Bertz CT molecular complexity index is 347. The van der Waals surface area contributed by atoms with E-state index in [4.69, 9.17) is 4.74 Å². The number of hydrogen-bond donors (Lipinski definition) is 0. The maximum atomic E-state index is 11.6. The van der Waals surface area contributed by atoms with E-state index >= 15 is 0 Å². The van der Waals surface area contributed by atoms with Crippen molar-refractivity contribution in [1.82, 2.24) is 15.0 Å². The van der Waals surface area contributed by atoms with Gasteiger partial charge >= 0.3 is 5.97 Å². The van der Waals surface area contributed by atoms with E-state index in [9.17, 15) is 4.79 Å². The summed E-state index contributed by atoms with van der Waals surface area (Å²) in [6.45, 7) is 7.08. The molecule has 0 aliphatic carbocycles. The third kappa shape index (κ3) is 2.81. The Morgan fingerprint density at radius 3 is 2.62 bits per heavy atom. The van der Waals surface area contributed by atoms with Gasteiger partial charge in [-0.05, 0) is 19.8 Å². The SMILES string of the molecule is CCCc1c(C(=O)OCC)nnn1CCC. The highest BCUT2D eigenvalue weighted by atomic mass is 16.5. The van der Waals surface area contributed by atoms with E-state index in [1.807, 2.05) is 0 Å². The zero-order chi connectivity index (χ0) is 12.0. The van der Waals surface area contributed by atoms with E-state index in [0.717, 1.165) is 31.5 Å². The van der Waals surface area contributed by atoms with Crippen molar-refractivity contribution in [3.63, 3.8) is 0 Å². The molecular weight excluding hydrogens is 206 g/mol. The first kappa shape index (κ1) is 12.7. The summed E-state index contributed by atoms with van der Waals surface area (Å²) in [5.41, 5.74) is 1.26. The molecule has 5 heteroatoms. The van der Waals surface area contributed by atoms with Crippen molar-refractivity contribution in [2.75, 3.05) is 6.61 Å². The molecule has 1 aromatic rings. The average Bonchev–Trinajstić information content (AvgIpc) is 2.64. The van der Waals surface area contributed by atoms with Crippen molar-refractivity contribution in [2.45, 2.75) is 46.6 Å². The fourth-order valence-electron chi connectivity index (χ4n) is 1.57. The van der Waals surface area contributed by atoms with Crippen LogP contribution >= 0.6 is 0 Å². The summed E-state index contributed by atoms with van der Waals surface area (Å²) in [4.78, 5) is 11.6. The van der Waals surface area contributed by atoms with Gasteiger partial charge in [0.25, 0.3) is 0 Å². The molecule has 0 atom stereocenters. The minimum atomic E-state index is -0.367. The Hall–Kier alpha value is -1.39. The molecule has 90 valence electrons. The van der Waals surface area contributed by atoms with Crippen LogP contribution in [0.5, 0.6) is 0 Å². The lowest BCUT2D eigenvalue weighted by molar-refractivity contribution is 0.0518. The van der Waals surface area contributed by atoms with Crippen LogP contribution in [0.2, 0.25) is 0 Å². The zero-order valence-corrected chi connectivity index (χ0v) is 10.2. The summed E-state index contributed by atoms with van der Waals surface area (Å²) in [6, 6.07) is 0. The van der Waals surface area contributed by atoms with Gasteiger partial charge in [-0.15, -0.1) is 5.10 Å². The molecule has 0 aliphatic heterocycles. The predicted molar refractivity (Wildman–Crippen MR) is 60.3 cm³/mol. The van der Waals surface area contributed by atoms with Gasteiger partial charge in [-0.25, -0.2) is 9.48 Å². The summed E-state index contributed by atoms with van der Waals surface area (Å²) in [7, 11) is 0. The van der Waals surface area contributed by atoms with Gasteiger partial charge in [0.2, 0.25) is 0 Å². The minimum Gasteiger partial charge on any atom is -0.461 e. The molecule has 0 N–H and O–H groups in total. The number of hydrogen-bond acceptors (Lipinski definition) is 4. The average molecular weight is 225 g/mol. The lowest BCUT2D eigenvalue weighted by Gasteiger charge is -2.05. The Labute approximate surface area is 95.8 Å². The van der Waals surface area contributed by atoms with Crippen LogP contribution in [-0.4, -0.2) is 27.6 Å². The van der Waals surface area contributed by atoms with Gasteiger partial charge in [0.15, 0.2) is 5.69 Å². The van der Waals surface area contributed by atoms with E-state index in [2.05, 4.69) is 24.2 Å². The van der Waals surface area contributed by atoms with Crippen molar-refractivity contribution in [3.05, 3.63) is 11.4 Å². The van der Waals surface area contributed by atoms with Crippen LogP contribution in [0.3, 0.4) is 0 Å². The maximum Gasteiger partial charge on any atom is 0.360 e. The normalized spacial score (nSPS) is 10.4. The molecule has 1 aromatic heterocycles. The highest BCUT2D eigenvalue weighted by Gasteiger charge is 2.19. The van der Waals surface area contributed by atoms with Crippen LogP contribution in [0.15, 0.2) is 0 Å². The molecular formula is C11H19N3O2. The highest BCUT2D eigenvalue weighted by Crippen LogP contribution is 2.10. The number of rotatable bonds is 6. The van der Waals surface area contributed by atoms with Gasteiger partial charge < -0.3 is 4.74 Å². The van der Waals surface area contributed by atoms with Crippen molar-refractivity contribution < 1.29 is 9.53 Å². The number of nitrogens with zero attached hydrogens (tertiary/aromatic N) is 3. The standard InChI is InChI=1S/C11H19N3O2/c1-4-7-9-10(11(15)16-6-3)12-13-14(9)8-5-2/h4-8H2,1-3H3. The van der Waals surface area contributed by atoms with Crippen molar-refractivity contribution >= 4 is 5.97 Å². The van der Waals surface area contributed by atoms with Crippen LogP contribution in [-0.2, 0) is 17.7 Å². The summed E-state index contributed by atoms with van der Waals surface area (Å²) >= 11 is 0. The largest absolute Gasteiger partial charge is 0.461 e. The molecule has 0 fully saturated rings. The van der Waals surface area contributed by atoms with Gasteiger partial charge in [-0.2, -0.15) is 0 Å². The second-order valence-electron chi connectivity index (χ2n) is 3.58. The van der Waals surface area contributed by atoms with Crippen molar-refractivity contribution in [2.24, 2.45) is 0 Å². The third-order valence-corrected chi connectivity index (χ3v) is 2.23. The second kappa shape index (κ2) is 6.25. The van der Waals surface area contributed by atoms with E-state index < -0.39 is 0 Å². The van der Waals surface area contributed by atoms with E-state index in [-0.39, 0.29) is 5.97 Å². The molecule has 0 aliphatic rings. The molecule has 0 saturated carbocycles. The fourth-order valence-corrected chi connectivity index (χ4v) is 1.57. The lowest BCUT2D eigenvalue weighted by Crippen LogP contribution is -2.11. The first-order valence-electron chi connectivity index (χ1n) is 5.84. The number of aromatic nitrogens is 3. The molecule has 1 heterocycles. The van der Waals surface area contributed by atoms with Gasteiger partial charge in [0, 0.05) is 6.54 Å². The molecule has 0 saturated heterocycles. The number of aryl methyl sites for hydroxylation is 1. The van der Waals surface area contributed by atoms with E-state index in [1.54, 1.807) is 11.6 Å². The first-order chi connectivity index (χ1) is 7.74. The van der Waals surface area contributed by atoms with Crippen LogP contribution in [0.1, 0.15) is 49.8 Å². The number of carbonyl (C=O) groups excluding carboxylic acids is 1. The van der Waals surface area contributed by atoms with E-state index in [0.29, 0.717) is 12.3 Å². The Morgan fingerprint density at radius 1 is 1.31 bits per heavy atom. The van der Waals surface area contributed by atoms with Crippen LogP contribution in [0.25, 0.3) is 0 Å². The number of carbonyl (C=O) groups is 1. The van der Waals surface area contributed by atoms with E-state index in [1.165, 1.54) is 0 Å². The van der Waals surface area contributed by atoms with Gasteiger partial charge in [-0.1, -0.05) is 25.5 Å². The Kier molecular flexibility index (Phi) is 4.95. The summed E-state index contributed by atoms with van der Waals surface area (Å²) in [5.74, 6) is -0.367. The van der Waals surface area contributed by atoms with Crippen LogP contribution in [0.4, 0.5) is 0 Å². The Morgan fingerprint density at radius 2 is 2.06 bits per heavy atom. The fraction of sp³-hybridized carbons (Fsp3) is 0.727. The molecule has 0 bridgehead atoms. The first-order valence-corrected chi connectivity index (χ1v) is 5.84. The van der Waals surface area contributed by atoms with Crippen LogP contribution in [0, 0.1) is 0 Å².